The molecule has 0 bridgehead atoms. The van der Waals surface area contributed by atoms with Gasteiger partial charge in [-0.05, 0) is 26.5 Å². The number of aromatic nitrogens is 1. The highest BCUT2D eigenvalue weighted by molar-refractivity contribution is 5.65. The van der Waals surface area contributed by atoms with E-state index in [1.54, 1.807) is 0 Å². The topological polar surface area (TPSA) is 38.1 Å². The molecular weight excluding hydrogens is 212 g/mol. The van der Waals surface area contributed by atoms with Crippen molar-refractivity contribution in [3.8, 4) is 11.3 Å². The Morgan fingerprint density at radius 1 is 1.41 bits per heavy atom. The molecule has 3 rings (SSSR count). The van der Waals surface area contributed by atoms with Gasteiger partial charge in [-0.1, -0.05) is 28.9 Å². The lowest BCUT2D eigenvalue weighted by Crippen LogP contribution is -2.13. The van der Waals surface area contributed by atoms with Crippen LogP contribution in [0.15, 0.2) is 28.8 Å². The second kappa shape index (κ2) is 4.00. The van der Waals surface area contributed by atoms with Crippen molar-refractivity contribution >= 4 is 0 Å². The highest BCUT2D eigenvalue weighted by Crippen LogP contribution is 2.38. The number of rotatable bonds is 2. The van der Waals surface area contributed by atoms with Crippen molar-refractivity contribution in [1.29, 1.82) is 0 Å². The van der Waals surface area contributed by atoms with Gasteiger partial charge in [0.2, 0.25) is 0 Å². The molecular formula is C14H16N2O. The second-order valence-corrected chi connectivity index (χ2v) is 4.62. The summed E-state index contributed by atoms with van der Waals surface area (Å²) in [5.41, 5.74) is 4.65. The first kappa shape index (κ1) is 10.5. The van der Waals surface area contributed by atoms with Crippen molar-refractivity contribution in [3.63, 3.8) is 0 Å². The number of hydrogen-bond donors (Lipinski definition) is 1. The second-order valence-electron chi connectivity index (χ2n) is 4.62. The number of benzene rings is 1. The molecule has 3 heteroatoms. The van der Waals surface area contributed by atoms with Gasteiger partial charge in [0.15, 0.2) is 0 Å². The van der Waals surface area contributed by atoms with Gasteiger partial charge in [-0.15, -0.1) is 0 Å². The quantitative estimate of drug-likeness (QED) is 0.859. The maximum absolute atomic E-state index is 5.44. The SMILES string of the molecule is CNC1CCc2onc(-c3cccc(C)c3)c21. The van der Waals surface area contributed by atoms with Crippen LogP contribution in [0.5, 0.6) is 0 Å². The molecule has 0 saturated carbocycles. The largest absolute Gasteiger partial charge is 0.360 e. The molecule has 1 unspecified atom stereocenters. The Morgan fingerprint density at radius 3 is 3.06 bits per heavy atom. The summed E-state index contributed by atoms with van der Waals surface area (Å²) in [6.45, 7) is 2.10. The van der Waals surface area contributed by atoms with Crippen LogP contribution < -0.4 is 5.32 Å². The Kier molecular flexibility index (Phi) is 2.48. The summed E-state index contributed by atoms with van der Waals surface area (Å²) >= 11 is 0. The van der Waals surface area contributed by atoms with Gasteiger partial charge in [0.25, 0.3) is 0 Å². The van der Waals surface area contributed by atoms with E-state index in [9.17, 15) is 0 Å². The van der Waals surface area contributed by atoms with Crippen molar-refractivity contribution in [2.24, 2.45) is 0 Å². The molecule has 88 valence electrons. The fourth-order valence-electron chi connectivity index (χ4n) is 2.58. The molecule has 1 aromatic heterocycles. The van der Waals surface area contributed by atoms with Gasteiger partial charge in [0.1, 0.15) is 11.5 Å². The fraction of sp³-hybridized carbons (Fsp3) is 0.357. The third-order valence-corrected chi connectivity index (χ3v) is 3.45. The minimum Gasteiger partial charge on any atom is -0.360 e. The van der Waals surface area contributed by atoms with Crippen LogP contribution in [0.25, 0.3) is 11.3 Å². The Balaban J connectivity index is 2.11. The molecule has 2 aromatic rings. The van der Waals surface area contributed by atoms with Crippen molar-refractivity contribution in [2.45, 2.75) is 25.8 Å². The Labute approximate surface area is 101 Å². The average Bonchev–Trinajstić information content (AvgIpc) is 2.89. The summed E-state index contributed by atoms with van der Waals surface area (Å²) in [5, 5.41) is 7.56. The van der Waals surface area contributed by atoms with Gasteiger partial charge in [0, 0.05) is 23.6 Å². The van der Waals surface area contributed by atoms with Gasteiger partial charge >= 0.3 is 0 Å². The van der Waals surface area contributed by atoms with Crippen molar-refractivity contribution in [1.82, 2.24) is 10.5 Å². The predicted molar refractivity (Wildman–Crippen MR) is 66.8 cm³/mol. The first-order chi connectivity index (χ1) is 8.29. The van der Waals surface area contributed by atoms with Crippen LogP contribution in [-0.4, -0.2) is 12.2 Å². The smallest absolute Gasteiger partial charge is 0.142 e. The van der Waals surface area contributed by atoms with E-state index in [2.05, 4.69) is 41.7 Å². The van der Waals surface area contributed by atoms with Gasteiger partial charge in [-0.3, -0.25) is 0 Å². The van der Waals surface area contributed by atoms with Crippen molar-refractivity contribution in [2.75, 3.05) is 7.05 Å². The zero-order valence-electron chi connectivity index (χ0n) is 10.2. The lowest BCUT2D eigenvalue weighted by atomic mass is 10.0. The minimum atomic E-state index is 0.381. The van der Waals surface area contributed by atoms with Gasteiger partial charge in [-0.25, -0.2) is 0 Å². The van der Waals surface area contributed by atoms with Crippen LogP contribution in [-0.2, 0) is 6.42 Å². The maximum atomic E-state index is 5.44. The molecule has 0 aliphatic heterocycles. The van der Waals surface area contributed by atoms with E-state index in [4.69, 9.17) is 4.52 Å². The van der Waals surface area contributed by atoms with Crippen LogP contribution in [0.2, 0.25) is 0 Å². The zero-order valence-corrected chi connectivity index (χ0v) is 10.2. The average molecular weight is 228 g/mol. The number of hydrogen-bond acceptors (Lipinski definition) is 3. The Morgan fingerprint density at radius 2 is 2.29 bits per heavy atom. The minimum absolute atomic E-state index is 0.381. The van der Waals surface area contributed by atoms with E-state index in [1.165, 1.54) is 11.1 Å². The van der Waals surface area contributed by atoms with Crippen LogP contribution in [0.1, 0.15) is 29.3 Å². The van der Waals surface area contributed by atoms with Gasteiger partial charge in [0.05, 0.1) is 0 Å². The summed E-state index contributed by atoms with van der Waals surface area (Å²) < 4.78 is 5.44. The van der Waals surface area contributed by atoms with E-state index in [1.807, 2.05) is 7.05 Å². The van der Waals surface area contributed by atoms with Crippen molar-refractivity contribution in [3.05, 3.63) is 41.2 Å². The monoisotopic (exact) mass is 228 g/mol. The first-order valence-corrected chi connectivity index (χ1v) is 6.02. The van der Waals surface area contributed by atoms with Crippen LogP contribution >= 0.6 is 0 Å². The summed E-state index contributed by atoms with van der Waals surface area (Å²) in [6.07, 6.45) is 2.09. The summed E-state index contributed by atoms with van der Waals surface area (Å²) in [5.74, 6) is 1.04. The Hall–Kier alpha value is -1.61. The van der Waals surface area contributed by atoms with Crippen LogP contribution in [0.3, 0.4) is 0 Å². The summed E-state index contributed by atoms with van der Waals surface area (Å²) in [4.78, 5) is 0. The van der Waals surface area contributed by atoms with Gasteiger partial charge < -0.3 is 9.84 Å². The lowest BCUT2D eigenvalue weighted by Gasteiger charge is -2.09. The lowest BCUT2D eigenvalue weighted by molar-refractivity contribution is 0.387. The Bertz CT molecular complexity index is 545. The molecule has 3 nitrogen and oxygen atoms in total. The van der Waals surface area contributed by atoms with Crippen LogP contribution in [0, 0.1) is 6.92 Å². The highest BCUT2D eigenvalue weighted by Gasteiger charge is 2.29. The highest BCUT2D eigenvalue weighted by atomic mass is 16.5. The third-order valence-electron chi connectivity index (χ3n) is 3.45. The van der Waals surface area contributed by atoms with Crippen LogP contribution in [0.4, 0.5) is 0 Å². The molecule has 0 fully saturated rings. The molecule has 17 heavy (non-hydrogen) atoms. The first-order valence-electron chi connectivity index (χ1n) is 6.02. The van der Waals surface area contributed by atoms with E-state index in [-0.39, 0.29) is 0 Å². The molecule has 0 amide bonds. The number of fused-ring (bicyclic) bond motifs is 1. The maximum Gasteiger partial charge on any atom is 0.142 e. The zero-order chi connectivity index (χ0) is 11.8. The molecule has 1 atom stereocenters. The summed E-state index contributed by atoms with van der Waals surface area (Å²) in [7, 11) is 1.99. The molecule has 1 aliphatic rings. The van der Waals surface area contributed by atoms with Crippen molar-refractivity contribution < 1.29 is 4.52 Å². The fourth-order valence-corrected chi connectivity index (χ4v) is 2.58. The molecule has 1 N–H and O–H groups in total. The number of aryl methyl sites for hydroxylation is 2. The predicted octanol–water partition coefficient (Wildman–Crippen LogP) is 2.86. The van der Waals surface area contributed by atoms with E-state index in [0.717, 1.165) is 29.9 Å². The van der Waals surface area contributed by atoms with E-state index >= 15 is 0 Å². The molecule has 1 aromatic carbocycles. The number of nitrogens with zero attached hydrogens (tertiary/aromatic N) is 1. The van der Waals surface area contributed by atoms with Gasteiger partial charge in [-0.2, -0.15) is 0 Å². The third kappa shape index (κ3) is 1.67. The standard InChI is InChI=1S/C14H16N2O/c1-9-4-3-5-10(8-9)14-13-11(15-2)6-7-12(13)17-16-14/h3-5,8,11,15H,6-7H2,1-2H3. The number of nitrogens with one attached hydrogen (secondary N) is 1. The van der Waals surface area contributed by atoms with E-state index < -0.39 is 0 Å². The normalized spacial score (nSPS) is 18.4. The van der Waals surface area contributed by atoms with E-state index in [0.29, 0.717) is 6.04 Å². The molecule has 0 saturated heterocycles. The molecule has 1 heterocycles. The molecule has 0 spiro atoms. The molecule has 1 aliphatic carbocycles. The molecule has 0 radical (unpaired) electrons. The summed E-state index contributed by atoms with van der Waals surface area (Å²) in [6, 6.07) is 8.79.